The molecule has 0 aliphatic heterocycles. The Bertz CT molecular complexity index is 382. The quantitative estimate of drug-likeness (QED) is 0.591. The van der Waals surface area contributed by atoms with Gasteiger partial charge in [0.25, 0.3) is 0 Å². The normalized spacial score (nSPS) is 15.0. The van der Waals surface area contributed by atoms with Crippen LogP contribution in [0.3, 0.4) is 0 Å². The number of aliphatic hydroxyl groups is 1. The van der Waals surface area contributed by atoms with Gasteiger partial charge in [-0.05, 0) is 13.0 Å². The molecule has 6 heteroatoms. The minimum absolute atomic E-state index is 0.391. The first kappa shape index (κ1) is 11.7. The summed E-state index contributed by atoms with van der Waals surface area (Å²) in [6.07, 6.45) is -1.41. The van der Waals surface area contributed by atoms with Crippen molar-refractivity contribution in [1.29, 1.82) is 0 Å². The third-order valence-electron chi connectivity index (χ3n) is 2.01. The SMILES string of the molecule is CC(N)C(O)c1cc(F)c(O)c(F)c1O. The highest BCUT2D eigenvalue weighted by Gasteiger charge is 2.23. The summed E-state index contributed by atoms with van der Waals surface area (Å²) in [7, 11) is 0. The fourth-order valence-electron chi connectivity index (χ4n) is 1.13. The molecular formula is C9H11F2NO3. The lowest BCUT2D eigenvalue weighted by Crippen LogP contribution is -2.24. The van der Waals surface area contributed by atoms with Crippen molar-refractivity contribution >= 4 is 0 Å². The zero-order valence-electron chi connectivity index (χ0n) is 7.91. The first-order valence-corrected chi connectivity index (χ1v) is 4.19. The van der Waals surface area contributed by atoms with Gasteiger partial charge in [0.1, 0.15) is 0 Å². The highest BCUT2D eigenvalue weighted by Crippen LogP contribution is 2.35. The Labute approximate surface area is 84.6 Å². The van der Waals surface area contributed by atoms with E-state index in [0.717, 1.165) is 0 Å². The van der Waals surface area contributed by atoms with E-state index in [-0.39, 0.29) is 0 Å². The predicted octanol–water partition coefficient (Wildman–Crippen LogP) is 0.757. The Kier molecular flexibility index (Phi) is 3.11. The molecule has 0 aliphatic rings. The van der Waals surface area contributed by atoms with Crippen molar-refractivity contribution in [3.05, 3.63) is 23.3 Å². The van der Waals surface area contributed by atoms with E-state index in [1.807, 2.05) is 0 Å². The molecule has 0 amide bonds. The molecule has 2 unspecified atom stereocenters. The van der Waals surface area contributed by atoms with Crippen molar-refractivity contribution in [3.8, 4) is 11.5 Å². The van der Waals surface area contributed by atoms with Crippen molar-refractivity contribution in [2.75, 3.05) is 0 Å². The number of phenolic OH excluding ortho intramolecular Hbond substituents is 2. The van der Waals surface area contributed by atoms with E-state index in [0.29, 0.717) is 6.07 Å². The number of halogens is 2. The maximum absolute atomic E-state index is 13.0. The smallest absolute Gasteiger partial charge is 0.209 e. The third-order valence-corrected chi connectivity index (χ3v) is 2.01. The molecule has 0 saturated carbocycles. The molecule has 1 aromatic carbocycles. The van der Waals surface area contributed by atoms with Crippen LogP contribution in [-0.4, -0.2) is 21.4 Å². The van der Waals surface area contributed by atoms with Crippen molar-refractivity contribution in [2.24, 2.45) is 5.73 Å². The molecule has 0 bridgehead atoms. The zero-order chi connectivity index (χ0) is 11.7. The Morgan fingerprint density at radius 1 is 1.27 bits per heavy atom. The summed E-state index contributed by atoms with van der Waals surface area (Å²) in [5.74, 6) is -5.06. The second kappa shape index (κ2) is 4.00. The predicted molar refractivity (Wildman–Crippen MR) is 48.3 cm³/mol. The molecule has 15 heavy (non-hydrogen) atoms. The van der Waals surface area contributed by atoms with Gasteiger partial charge < -0.3 is 21.1 Å². The fraction of sp³-hybridized carbons (Fsp3) is 0.333. The Hall–Kier alpha value is -1.40. The van der Waals surface area contributed by atoms with Crippen LogP contribution < -0.4 is 5.73 Å². The van der Waals surface area contributed by atoms with E-state index in [2.05, 4.69) is 0 Å². The first-order chi connectivity index (χ1) is 6.86. The summed E-state index contributed by atoms with van der Waals surface area (Å²) in [5.41, 5.74) is 4.92. The number of hydrogen-bond acceptors (Lipinski definition) is 4. The molecule has 0 aliphatic carbocycles. The van der Waals surface area contributed by atoms with Gasteiger partial charge in [-0.15, -0.1) is 0 Å². The minimum Gasteiger partial charge on any atom is -0.504 e. The molecular weight excluding hydrogens is 208 g/mol. The van der Waals surface area contributed by atoms with E-state index in [4.69, 9.17) is 10.8 Å². The summed E-state index contributed by atoms with van der Waals surface area (Å²) in [4.78, 5) is 0. The van der Waals surface area contributed by atoms with Crippen LogP contribution in [0, 0.1) is 11.6 Å². The van der Waals surface area contributed by atoms with E-state index >= 15 is 0 Å². The average Bonchev–Trinajstić information content (AvgIpc) is 2.19. The second-order valence-corrected chi connectivity index (χ2v) is 3.26. The van der Waals surface area contributed by atoms with Gasteiger partial charge >= 0.3 is 0 Å². The number of hydrogen-bond donors (Lipinski definition) is 4. The summed E-state index contributed by atoms with van der Waals surface area (Å²) in [5, 5.41) is 27.4. The standard InChI is InChI=1S/C9H11F2NO3/c1-3(12)7(13)4-2-5(10)9(15)6(11)8(4)14/h2-3,7,13-15H,12H2,1H3. The van der Waals surface area contributed by atoms with E-state index in [1.54, 1.807) is 0 Å². The lowest BCUT2D eigenvalue weighted by molar-refractivity contribution is 0.148. The monoisotopic (exact) mass is 219 g/mol. The van der Waals surface area contributed by atoms with Gasteiger partial charge in [-0.1, -0.05) is 0 Å². The number of aromatic hydroxyl groups is 2. The van der Waals surface area contributed by atoms with Crippen LogP contribution in [0.4, 0.5) is 8.78 Å². The molecule has 2 atom stereocenters. The molecule has 0 fully saturated rings. The summed E-state index contributed by atoms with van der Waals surface area (Å²) in [6, 6.07) is -0.166. The molecule has 1 aromatic rings. The van der Waals surface area contributed by atoms with Crippen LogP contribution in [0.5, 0.6) is 11.5 Å². The molecule has 84 valence electrons. The highest BCUT2D eigenvalue weighted by molar-refractivity contribution is 5.43. The third kappa shape index (κ3) is 2.00. The maximum Gasteiger partial charge on any atom is 0.209 e. The molecule has 4 nitrogen and oxygen atoms in total. The number of phenols is 2. The van der Waals surface area contributed by atoms with Gasteiger partial charge in [-0.25, -0.2) is 4.39 Å². The Morgan fingerprint density at radius 3 is 2.27 bits per heavy atom. The number of aliphatic hydroxyl groups excluding tert-OH is 1. The van der Waals surface area contributed by atoms with Gasteiger partial charge in [0.2, 0.25) is 5.82 Å². The lowest BCUT2D eigenvalue weighted by atomic mass is 10.0. The molecule has 1 rings (SSSR count). The highest BCUT2D eigenvalue weighted by atomic mass is 19.1. The summed E-state index contributed by atoms with van der Waals surface area (Å²) < 4.78 is 25.9. The maximum atomic E-state index is 13.0. The number of rotatable bonds is 2. The number of nitrogens with two attached hydrogens (primary N) is 1. The fourth-order valence-corrected chi connectivity index (χ4v) is 1.13. The average molecular weight is 219 g/mol. The van der Waals surface area contributed by atoms with E-state index < -0.39 is 40.8 Å². The first-order valence-electron chi connectivity index (χ1n) is 4.19. The van der Waals surface area contributed by atoms with Gasteiger partial charge in [-0.3, -0.25) is 0 Å². The van der Waals surface area contributed by atoms with Crippen LogP contribution in [0.1, 0.15) is 18.6 Å². The van der Waals surface area contributed by atoms with Crippen LogP contribution in [0.15, 0.2) is 6.07 Å². The van der Waals surface area contributed by atoms with Crippen molar-refractivity contribution in [2.45, 2.75) is 19.1 Å². The number of benzene rings is 1. The Balaban J connectivity index is 3.32. The second-order valence-electron chi connectivity index (χ2n) is 3.26. The van der Waals surface area contributed by atoms with Gasteiger partial charge in [0, 0.05) is 11.6 Å². The van der Waals surface area contributed by atoms with Gasteiger partial charge in [0.05, 0.1) is 6.10 Å². The van der Waals surface area contributed by atoms with Gasteiger partial charge in [-0.2, -0.15) is 4.39 Å². The largest absolute Gasteiger partial charge is 0.504 e. The van der Waals surface area contributed by atoms with Crippen molar-refractivity contribution < 1.29 is 24.1 Å². The lowest BCUT2D eigenvalue weighted by Gasteiger charge is -2.16. The molecule has 0 aromatic heterocycles. The van der Waals surface area contributed by atoms with Crippen LogP contribution in [0.2, 0.25) is 0 Å². The van der Waals surface area contributed by atoms with Crippen LogP contribution >= 0.6 is 0 Å². The molecule has 0 saturated heterocycles. The molecule has 5 N–H and O–H groups in total. The molecule has 0 radical (unpaired) electrons. The summed E-state index contributed by atoms with van der Waals surface area (Å²) in [6.45, 7) is 1.41. The summed E-state index contributed by atoms with van der Waals surface area (Å²) >= 11 is 0. The topological polar surface area (TPSA) is 86.7 Å². The molecule has 0 heterocycles. The van der Waals surface area contributed by atoms with Crippen molar-refractivity contribution in [3.63, 3.8) is 0 Å². The van der Waals surface area contributed by atoms with Crippen molar-refractivity contribution in [1.82, 2.24) is 0 Å². The van der Waals surface area contributed by atoms with E-state index in [9.17, 15) is 19.0 Å². The van der Waals surface area contributed by atoms with Crippen LogP contribution in [0.25, 0.3) is 0 Å². The molecule has 0 spiro atoms. The minimum atomic E-state index is -1.51. The van der Waals surface area contributed by atoms with Gasteiger partial charge in [0.15, 0.2) is 17.3 Å². The zero-order valence-corrected chi connectivity index (χ0v) is 7.91. The van der Waals surface area contributed by atoms with Crippen LogP contribution in [-0.2, 0) is 0 Å². The van der Waals surface area contributed by atoms with E-state index in [1.165, 1.54) is 6.92 Å². The Morgan fingerprint density at radius 2 is 1.80 bits per heavy atom.